The zero-order valence-electron chi connectivity index (χ0n) is 14.4. The zero-order chi connectivity index (χ0) is 17.2. The van der Waals surface area contributed by atoms with Crippen LogP contribution in [0.5, 0.6) is 5.75 Å². The van der Waals surface area contributed by atoms with Crippen LogP contribution in [0.15, 0.2) is 54.6 Å². The monoisotopic (exact) mass is 329 g/mol. The molecular formula is C20H27NO3. The van der Waals surface area contributed by atoms with Crippen LogP contribution in [0.3, 0.4) is 0 Å². The number of benzene rings is 2. The van der Waals surface area contributed by atoms with Gasteiger partial charge in [-0.05, 0) is 43.3 Å². The van der Waals surface area contributed by atoms with Gasteiger partial charge in [0.25, 0.3) is 0 Å². The number of hydrogen-bond acceptors (Lipinski definition) is 4. The summed E-state index contributed by atoms with van der Waals surface area (Å²) in [6, 6.07) is 18.3. The molecule has 0 spiro atoms. The molecule has 0 amide bonds. The van der Waals surface area contributed by atoms with E-state index in [-0.39, 0.29) is 6.10 Å². The van der Waals surface area contributed by atoms with Crippen LogP contribution >= 0.6 is 0 Å². The van der Waals surface area contributed by atoms with Gasteiger partial charge >= 0.3 is 0 Å². The Hall–Kier alpha value is -1.88. The molecule has 2 atom stereocenters. The molecule has 2 aromatic carbocycles. The number of aliphatic hydroxyl groups excluding tert-OH is 1. The van der Waals surface area contributed by atoms with Gasteiger partial charge in [0.1, 0.15) is 11.9 Å². The first kappa shape index (κ1) is 18.5. The van der Waals surface area contributed by atoms with Gasteiger partial charge in [-0.25, -0.2) is 0 Å². The molecule has 0 aromatic heterocycles. The predicted molar refractivity (Wildman–Crippen MR) is 96.1 cm³/mol. The van der Waals surface area contributed by atoms with Crippen LogP contribution in [0.2, 0.25) is 0 Å². The summed E-state index contributed by atoms with van der Waals surface area (Å²) in [5, 5.41) is 12.6. The van der Waals surface area contributed by atoms with Gasteiger partial charge in [-0.15, -0.1) is 0 Å². The van der Waals surface area contributed by atoms with E-state index >= 15 is 0 Å². The fourth-order valence-corrected chi connectivity index (χ4v) is 2.54. The fourth-order valence-electron chi connectivity index (χ4n) is 2.54. The van der Waals surface area contributed by atoms with Crippen molar-refractivity contribution in [2.75, 3.05) is 20.7 Å². The third-order valence-electron chi connectivity index (χ3n) is 3.98. The largest absolute Gasteiger partial charge is 0.486 e. The number of rotatable bonds is 10. The molecule has 2 aromatic rings. The Labute approximate surface area is 144 Å². The number of ether oxygens (including phenoxy) is 2. The lowest BCUT2D eigenvalue weighted by Gasteiger charge is -2.20. The second-order valence-electron chi connectivity index (χ2n) is 5.78. The van der Waals surface area contributed by atoms with Crippen molar-refractivity contribution in [2.24, 2.45) is 0 Å². The Balaban J connectivity index is 1.98. The van der Waals surface area contributed by atoms with Gasteiger partial charge in [0.15, 0.2) is 6.29 Å². The van der Waals surface area contributed by atoms with E-state index in [0.717, 1.165) is 30.7 Å². The molecule has 130 valence electrons. The Morgan fingerprint density at radius 1 is 1.00 bits per heavy atom. The molecule has 0 saturated carbocycles. The van der Waals surface area contributed by atoms with Gasteiger partial charge in [0, 0.05) is 20.0 Å². The maximum atomic E-state index is 9.45. The smallest absolute Gasteiger partial charge is 0.154 e. The molecule has 0 saturated heterocycles. The molecule has 0 fully saturated rings. The number of nitrogens with one attached hydrogen (secondary N) is 1. The summed E-state index contributed by atoms with van der Waals surface area (Å²) in [5.41, 5.74) is 2.34. The highest BCUT2D eigenvalue weighted by Crippen LogP contribution is 2.25. The summed E-state index contributed by atoms with van der Waals surface area (Å²) in [6.45, 7) is 0.895. The molecule has 0 radical (unpaired) electrons. The first-order valence-electron chi connectivity index (χ1n) is 8.39. The quantitative estimate of drug-likeness (QED) is 0.657. The molecule has 0 aliphatic carbocycles. The molecule has 2 rings (SSSR count). The first-order chi connectivity index (χ1) is 11.7. The lowest BCUT2D eigenvalue weighted by Crippen LogP contribution is -2.16. The van der Waals surface area contributed by atoms with E-state index in [1.54, 1.807) is 0 Å². The van der Waals surface area contributed by atoms with Crippen LogP contribution < -0.4 is 10.1 Å². The van der Waals surface area contributed by atoms with Crippen molar-refractivity contribution in [1.82, 2.24) is 5.32 Å². The molecule has 0 bridgehead atoms. The van der Waals surface area contributed by atoms with Crippen molar-refractivity contribution in [2.45, 2.75) is 31.7 Å². The Kier molecular flexibility index (Phi) is 7.75. The second-order valence-corrected chi connectivity index (χ2v) is 5.78. The average molecular weight is 329 g/mol. The van der Waals surface area contributed by atoms with Crippen LogP contribution in [0, 0.1) is 0 Å². The van der Waals surface area contributed by atoms with Gasteiger partial charge in [-0.2, -0.15) is 0 Å². The summed E-state index contributed by atoms with van der Waals surface area (Å²) in [5.74, 6) is 0.857. The lowest BCUT2D eigenvalue weighted by atomic mass is 10.1. The van der Waals surface area contributed by atoms with E-state index in [1.807, 2.05) is 49.5 Å². The van der Waals surface area contributed by atoms with Crippen molar-refractivity contribution < 1.29 is 14.6 Å². The molecule has 2 unspecified atom stereocenters. The fraction of sp³-hybridized carbons (Fsp3) is 0.400. The molecule has 0 aliphatic rings. The van der Waals surface area contributed by atoms with Crippen molar-refractivity contribution in [3.63, 3.8) is 0 Å². The second kappa shape index (κ2) is 10.1. The number of hydrogen-bond donors (Lipinski definition) is 2. The van der Waals surface area contributed by atoms with Crippen LogP contribution in [0.4, 0.5) is 0 Å². The Bertz CT molecular complexity index is 571. The molecule has 0 heterocycles. The summed E-state index contributed by atoms with van der Waals surface area (Å²) in [6.07, 6.45) is 1.59. The summed E-state index contributed by atoms with van der Waals surface area (Å²) < 4.78 is 11.0. The number of aryl methyl sites for hydroxylation is 1. The highest BCUT2D eigenvalue weighted by molar-refractivity contribution is 5.29. The summed E-state index contributed by atoms with van der Waals surface area (Å²) in [7, 11) is 3.46. The minimum absolute atomic E-state index is 0.0276. The molecular weight excluding hydrogens is 302 g/mol. The van der Waals surface area contributed by atoms with E-state index in [2.05, 4.69) is 17.4 Å². The van der Waals surface area contributed by atoms with E-state index in [4.69, 9.17) is 9.47 Å². The molecule has 24 heavy (non-hydrogen) atoms. The van der Waals surface area contributed by atoms with Crippen molar-refractivity contribution >= 4 is 0 Å². The third-order valence-corrected chi connectivity index (χ3v) is 3.98. The molecule has 4 nitrogen and oxygen atoms in total. The average Bonchev–Trinajstić information content (AvgIpc) is 2.64. The van der Waals surface area contributed by atoms with E-state index in [9.17, 15) is 5.11 Å². The SMILES string of the molecule is CNCCC(Oc1ccc(CCC(O)OC)cc1)c1ccccc1. The Morgan fingerprint density at radius 3 is 2.33 bits per heavy atom. The van der Waals surface area contributed by atoms with E-state index in [1.165, 1.54) is 12.7 Å². The molecule has 0 aliphatic heterocycles. The van der Waals surface area contributed by atoms with Crippen molar-refractivity contribution in [3.8, 4) is 5.75 Å². The molecule has 2 N–H and O–H groups in total. The highest BCUT2D eigenvalue weighted by atomic mass is 16.6. The standard InChI is InChI=1S/C20H27NO3/c1-21-15-14-19(17-6-4-3-5-7-17)24-18-11-8-16(9-12-18)10-13-20(22)23-2/h3-9,11-12,19-22H,10,13-15H2,1-2H3. The van der Waals surface area contributed by atoms with Crippen molar-refractivity contribution in [1.29, 1.82) is 0 Å². The predicted octanol–water partition coefficient (Wildman–Crippen LogP) is 3.31. The Morgan fingerprint density at radius 2 is 1.71 bits per heavy atom. The summed E-state index contributed by atoms with van der Waals surface area (Å²) in [4.78, 5) is 0. The van der Waals surface area contributed by atoms with Gasteiger partial charge in [-0.1, -0.05) is 42.5 Å². The normalized spacial score (nSPS) is 13.5. The third kappa shape index (κ3) is 5.96. The van der Waals surface area contributed by atoms with Crippen LogP contribution in [-0.2, 0) is 11.2 Å². The minimum atomic E-state index is -0.704. The van der Waals surface area contributed by atoms with Crippen LogP contribution in [0.1, 0.15) is 30.1 Å². The van der Waals surface area contributed by atoms with E-state index < -0.39 is 6.29 Å². The van der Waals surface area contributed by atoms with Gasteiger partial charge in [0.2, 0.25) is 0 Å². The first-order valence-corrected chi connectivity index (χ1v) is 8.39. The van der Waals surface area contributed by atoms with Gasteiger partial charge in [0.05, 0.1) is 0 Å². The number of aliphatic hydroxyl groups is 1. The summed E-state index contributed by atoms with van der Waals surface area (Å²) >= 11 is 0. The topological polar surface area (TPSA) is 50.7 Å². The van der Waals surface area contributed by atoms with Crippen LogP contribution in [0.25, 0.3) is 0 Å². The minimum Gasteiger partial charge on any atom is -0.486 e. The highest BCUT2D eigenvalue weighted by Gasteiger charge is 2.13. The van der Waals surface area contributed by atoms with Crippen molar-refractivity contribution in [3.05, 3.63) is 65.7 Å². The zero-order valence-corrected chi connectivity index (χ0v) is 14.4. The maximum absolute atomic E-state index is 9.45. The van der Waals surface area contributed by atoms with Gasteiger partial charge in [-0.3, -0.25) is 0 Å². The molecule has 4 heteroatoms. The maximum Gasteiger partial charge on any atom is 0.154 e. The number of methoxy groups -OCH3 is 1. The van der Waals surface area contributed by atoms with E-state index in [0.29, 0.717) is 6.42 Å². The van der Waals surface area contributed by atoms with Crippen LogP contribution in [-0.4, -0.2) is 32.1 Å². The lowest BCUT2D eigenvalue weighted by molar-refractivity contribution is -0.0777. The van der Waals surface area contributed by atoms with Gasteiger partial charge < -0.3 is 19.9 Å².